The number of hydrogen-bond acceptors (Lipinski definition) is 5. The van der Waals surface area contributed by atoms with E-state index in [9.17, 15) is 4.79 Å². The highest BCUT2D eigenvalue weighted by Crippen LogP contribution is 2.23. The van der Waals surface area contributed by atoms with E-state index < -0.39 is 0 Å². The second-order valence-corrected chi connectivity index (χ2v) is 5.24. The highest BCUT2D eigenvalue weighted by Gasteiger charge is 2.12. The summed E-state index contributed by atoms with van der Waals surface area (Å²) >= 11 is 0. The van der Waals surface area contributed by atoms with E-state index in [-0.39, 0.29) is 12.5 Å². The van der Waals surface area contributed by atoms with Crippen molar-refractivity contribution in [3.05, 3.63) is 66.1 Å². The maximum absolute atomic E-state index is 11.9. The van der Waals surface area contributed by atoms with Gasteiger partial charge in [0.25, 0.3) is 5.91 Å². The summed E-state index contributed by atoms with van der Waals surface area (Å²) in [6, 6.07) is 14.5. The molecule has 0 aliphatic heterocycles. The number of para-hydroxylation sites is 1. The van der Waals surface area contributed by atoms with Gasteiger partial charge in [-0.05, 0) is 36.4 Å². The van der Waals surface area contributed by atoms with E-state index in [0.717, 1.165) is 11.3 Å². The zero-order valence-electron chi connectivity index (χ0n) is 14.0. The van der Waals surface area contributed by atoms with Crippen LogP contribution in [0.3, 0.4) is 0 Å². The summed E-state index contributed by atoms with van der Waals surface area (Å²) in [5, 5.41) is 2.59. The normalized spacial score (nSPS) is 10.3. The standard InChI is InChI=1S/C19H18N2O4/c1-20-18(22)16-5-3-4-6-17(16)24-11-14-12-25-19(21-14)13-7-9-15(23-2)10-8-13/h3-10,12H,11H2,1-2H3,(H,20,22). The lowest BCUT2D eigenvalue weighted by atomic mass is 10.2. The van der Waals surface area contributed by atoms with Crippen LogP contribution < -0.4 is 14.8 Å². The molecule has 0 spiro atoms. The van der Waals surface area contributed by atoms with Crippen molar-refractivity contribution in [2.75, 3.05) is 14.2 Å². The van der Waals surface area contributed by atoms with Crippen LogP contribution in [0.1, 0.15) is 16.1 Å². The molecule has 1 N–H and O–H groups in total. The quantitative estimate of drug-likeness (QED) is 0.746. The number of hydrogen-bond donors (Lipinski definition) is 1. The van der Waals surface area contributed by atoms with Crippen molar-refractivity contribution in [1.82, 2.24) is 10.3 Å². The number of carbonyl (C=O) groups is 1. The number of methoxy groups -OCH3 is 1. The Morgan fingerprint density at radius 2 is 1.92 bits per heavy atom. The second-order valence-electron chi connectivity index (χ2n) is 5.24. The zero-order valence-corrected chi connectivity index (χ0v) is 14.0. The summed E-state index contributed by atoms with van der Waals surface area (Å²) < 4.78 is 16.4. The summed E-state index contributed by atoms with van der Waals surface area (Å²) in [4.78, 5) is 16.3. The van der Waals surface area contributed by atoms with Gasteiger partial charge in [0, 0.05) is 12.6 Å². The minimum atomic E-state index is -0.199. The molecule has 0 fully saturated rings. The molecule has 0 unspecified atom stereocenters. The molecule has 0 atom stereocenters. The monoisotopic (exact) mass is 338 g/mol. The van der Waals surface area contributed by atoms with Crippen molar-refractivity contribution in [2.24, 2.45) is 0 Å². The Morgan fingerprint density at radius 3 is 2.64 bits per heavy atom. The van der Waals surface area contributed by atoms with E-state index >= 15 is 0 Å². The van der Waals surface area contributed by atoms with Gasteiger partial charge in [0.05, 0.1) is 12.7 Å². The first kappa shape index (κ1) is 16.6. The smallest absolute Gasteiger partial charge is 0.254 e. The molecular weight excluding hydrogens is 320 g/mol. The second kappa shape index (κ2) is 7.53. The maximum Gasteiger partial charge on any atom is 0.254 e. The van der Waals surface area contributed by atoms with Crippen molar-refractivity contribution in [2.45, 2.75) is 6.61 Å². The van der Waals surface area contributed by atoms with Gasteiger partial charge in [0.15, 0.2) is 0 Å². The van der Waals surface area contributed by atoms with Crippen molar-refractivity contribution in [1.29, 1.82) is 0 Å². The molecule has 1 aromatic heterocycles. The van der Waals surface area contributed by atoms with E-state index in [1.54, 1.807) is 38.6 Å². The molecule has 2 aromatic carbocycles. The Balaban J connectivity index is 1.71. The van der Waals surface area contributed by atoms with Gasteiger partial charge in [-0.3, -0.25) is 4.79 Å². The highest BCUT2D eigenvalue weighted by atomic mass is 16.5. The molecule has 0 bridgehead atoms. The minimum Gasteiger partial charge on any atom is -0.497 e. The number of amides is 1. The Labute approximate surface area is 145 Å². The Bertz CT molecular complexity index is 856. The first-order chi connectivity index (χ1) is 12.2. The first-order valence-corrected chi connectivity index (χ1v) is 7.74. The topological polar surface area (TPSA) is 73.6 Å². The first-order valence-electron chi connectivity index (χ1n) is 7.74. The third kappa shape index (κ3) is 3.80. The molecule has 3 rings (SSSR count). The molecule has 128 valence electrons. The molecule has 6 nitrogen and oxygen atoms in total. The fraction of sp³-hybridized carbons (Fsp3) is 0.158. The largest absolute Gasteiger partial charge is 0.497 e. The summed E-state index contributed by atoms with van der Waals surface area (Å²) in [7, 11) is 3.20. The molecule has 3 aromatic rings. The number of benzene rings is 2. The fourth-order valence-corrected chi connectivity index (χ4v) is 2.31. The Hall–Kier alpha value is -3.28. The highest BCUT2D eigenvalue weighted by molar-refractivity contribution is 5.96. The van der Waals surface area contributed by atoms with Crippen LogP contribution in [-0.4, -0.2) is 25.0 Å². The molecule has 1 amide bonds. The maximum atomic E-state index is 11.9. The number of oxazole rings is 1. The van der Waals surface area contributed by atoms with Crippen LogP contribution in [0, 0.1) is 0 Å². The number of nitrogens with one attached hydrogen (secondary N) is 1. The lowest BCUT2D eigenvalue weighted by molar-refractivity contribution is 0.0958. The van der Waals surface area contributed by atoms with Crippen molar-refractivity contribution in [3.8, 4) is 23.0 Å². The predicted octanol–water partition coefficient (Wildman–Crippen LogP) is 3.29. The Kier molecular flexibility index (Phi) is 4.99. The van der Waals surface area contributed by atoms with E-state index in [4.69, 9.17) is 13.9 Å². The fourth-order valence-electron chi connectivity index (χ4n) is 2.31. The van der Waals surface area contributed by atoms with Gasteiger partial charge in [0.2, 0.25) is 5.89 Å². The summed E-state index contributed by atoms with van der Waals surface area (Å²) in [6.45, 7) is 0.202. The SMILES string of the molecule is CNC(=O)c1ccccc1OCc1coc(-c2ccc(OC)cc2)n1. The van der Waals surface area contributed by atoms with Gasteiger partial charge >= 0.3 is 0 Å². The van der Waals surface area contributed by atoms with Crippen molar-refractivity contribution in [3.63, 3.8) is 0 Å². The van der Waals surface area contributed by atoms with Crippen LogP contribution in [0.5, 0.6) is 11.5 Å². The molecule has 0 saturated carbocycles. The van der Waals surface area contributed by atoms with Gasteiger partial charge in [-0.25, -0.2) is 4.98 Å². The van der Waals surface area contributed by atoms with Gasteiger partial charge < -0.3 is 19.2 Å². The summed E-state index contributed by atoms with van der Waals surface area (Å²) in [5.74, 6) is 1.57. The van der Waals surface area contributed by atoms with E-state index in [2.05, 4.69) is 10.3 Å². The number of carbonyl (C=O) groups excluding carboxylic acids is 1. The molecule has 1 heterocycles. The van der Waals surface area contributed by atoms with Crippen LogP contribution >= 0.6 is 0 Å². The molecular formula is C19H18N2O4. The van der Waals surface area contributed by atoms with Crippen molar-refractivity contribution < 1.29 is 18.7 Å². The van der Waals surface area contributed by atoms with Gasteiger partial charge in [-0.2, -0.15) is 0 Å². The molecule has 0 aliphatic carbocycles. The van der Waals surface area contributed by atoms with Crippen LogP contribution in [0.15, 0.2) is 59.2 Å². The average Bonchev–Trinajstić information content (AvgIpc) is 3.15. The lowest BCUT2D eigenvalue weighted by Gasteiger charge is -2.08. The average molecular weight is 338 g/mol. The van der Waals surface area contributed by atoms with Crippen LogP contribution in [0.4, 0.5) is 0 Å². The Morgan fingerprint density at radius 1 is 1.16 bits per heavy atom. The zero-order chi connectivity index (χ0) is 17.6. The predicted molar refractivity (Wildman–Crippen MR) is 92.7 cm³/mol. The van der Waals surface area contributed by atoms with Crippen LogP contribution in [0.2, 0.25) is 0 Å². The number of rotatable bonds is 6. The molecule has 0 aliphatic rings. The van der Waals surface area contributed by atoms with Crippen LogP contribution in [0.25, 0.3) is 11.5 Å². The molecule has 0 saturated heterocycles. The molecule has 6 heteroatoms. The van der Waals surface area contributed by atoms with E-state index in [1.807, 2.05) is 30.3 Å². The summed E-state index contributed by atoms with van der Waals surface area (Å²) in [6.07, 6.45) is 1.54. The van der Waals surface area contributed by atoms with Crippen LogP contribution in [-0.2, 0) is 6.61 Å². The summed E-state index contributed by atoms with van der Waals surface area (Å²) in [5.41, 5.74) is 1.96. The number of aromatic nitrogens is 1. The van der Waals surface area contributed by atoms with Gasteiger partial charge in [-0.15, -0.1) is 0 Å². The third-order valence-corrected chi connectivity index (χ3v) is 3.62. The van der Waals surface area contributed by atoms with E-state index in [0.29, 0.717) is 22.9 Å². The molecule has 25 heavy (non-hydrogen) atoms. The van der Waals surface area contributed by atoms with Gasteiger partial charge in [-0.1, -0.05) is 12.1 Å². The lowest BCUT2D eigenvalue weighted by Crippen LogP contribution is -2.18. The molecule has 0 radical (unpaired) electrons. The number of nitrogens with zero attached hydrogens (tertiary/aromatic N) is 1. The number of ether oxygens (including phenoxy) is 2. The third-order valence-electron chi connectivity index (χ3n) is 3.62. The minimum absolute atomic E-state index is 0.199. The van der Waals surface area contributed by atoms with Crippen molar-refractivity contribution >= 4 is 5.91 Å². The van der Waals surface area contributed by atoms with Gasteiger partial charge in [0.1, 0.15) is 30.1 Å². The van der Waals surface area contributed by atoms with E-state index in [1.165, 1.54) is 0 Å².